The largest absolute Gasteiger partial charge is 0.497 e. The van der Waals surface area contributed by atoms with E-state index in [1.807, 2.05) is 29.8 Å². The molecule has 0 saturated heterocycles. The van der Waals surface area contributed by atoms with Gasteiger partial charge in [-0.2, -0.15) is 0 Å². The highest BCUT2D eigenvalue weighted by atomic mass is 35.5. The van der Waals surface area contributed by atoms with E-state index in [1.165, 1.54) is 0 Å². The Kier molecular flexibility index (Phi) is 3.64. The van der Waals surface area contributed by atoms with Gasteiger partial charge in [0.15, 0.2) is 0 Å². The van der Waals surface area contributed by atoms with Crippen LogP contribution in [0.3, 0.4) is 0 Å². The van der Waals surface area contributed by atoms with Gasteiger partial charge >= 0.3 is 0 Å². The SMILES string of the molecule is COc1cc(C)nc(Cn2cnc(CCl)c2)c1. The zero-order valence-corrected chi connectivity index (χ0v) is 10.6. The Morgan fingerprint density at radius 1 is 1.35 bits per heavy atom. The third kappa shape index (κ3) is 2.97. The van der Waals surface area contributed by atoms with Crippen LogP contribution in [0.2, 0.25) is 0 Å². The summed E-state index contributed by atoms with van der Waals surface area (Å²) in [6.07, 6.45) is 3.68. The summed E-state index contributed by atoms with van der Waals surface area (Å²) in [5.41, 5.74) is 2.75. The molecule has 0 spiro atoms. The summed E-state index contributed by atoms with van der Waals surface area (Å²) in [5, 5.41) is 0. The molecule has 0 atom stereocenters. The number of nitrogens with zero attached hydrogens (tertiary/aromatic N) is 3. The van der Waals surface area contributed by atoms with Crippen molar-refractivity contribution < 1.29 is 4.74 Å². The molecule has 17 heavy (non-hydrogen) atoms. The second-order valence-electron chi connectivity index (χ2n) is 3.81. The van der Waals surface area contributed by atoms with E-state index in [4.69, 9.17) is 16.3 Å². The Hall–Kier alpha value is -1.55. The van der Waals surface area contributed by atoms with E-state index in [0.29, 0.717) is 12.4 Å². The first-order valence-electron chi connectivity index (χ1n) is 5.29. The molecule has 90 valence electrons. The zero-order chi connectivity index (χ0) is 12.3. The van der Waals surface area contributed by atoms with E-state index in [2.05, 4.69) is 9.97 Å². The summed E-state index contributed by atoms with van der Waals surface area (Å²) in [5.74, 6) is 1.25. The number of aromatic nitrogens is 3. The second-order valence-corrected chi connectivity index (χ2v) is 4.08. The number of ether oxygens (including phenoxy) is 1. The molecule has 2 aromatic heterocycles. The number of aryl methyl sites for hydroxylation is 1. The number of halogens is 1. The van der Waals surface area contributed by atoms with Crippen LogP contribution in [0.15, 0.2) is 24.7 Å². The van der Waals surface area contributed by atoms with Crippen molar-refractivity contribution in [2.24, 2.45) is 0 Å². The van der Waals surface area contributed by atoms with Crippen LogP contribution in [-0.2, 0) is 12.4 Å². The fraction of sp³-hybridized carbons (Fsp3) is 0.333. The van der Waals surface area contributed by atoms with Crippen LogP contribution in [0.5, 0.6) is 5.75 Å². The van der Waals surface area contributed by atoms with Crippen molar-refractivity contribution in [1.82, 2.24) is 14.5 Å². The van der Waals surface area contributed by atoms with E-state index in [0.717, 1.165) is 22.8 Å². The monoisotopic (exact) mass is 251 g/mol. The number of rotatable bonds is 4. The van der Waals surface area contributed by atoms with Gasteiger partial charge in [-0.15, -0.1) is 11.6 Å². The van der Waals surface area contributed by atoms with Gasteiger partial charge in [0, 0.05) is 24.0 Å². The van der Waals surface area contributed by atoms with Crippen LogP contribution in [0, 0.1) is 6.92 Å². The van der Waals surface area contributed by atoms with Gasteiger partial charge in [-0.1, -0.05) is 0 Å². The van der Waals surface area contributed by atoms with Crippen LogP contribution >= 0.6 is 11.6 Å². The third-order valence-electron chi connectivity index (χ3n) is 2.38. The van der Waals surface area contributed by atoms with Crippen molar-refractivity contribution >= 4 is 11.6 Å². The van der Waals surface area contributed by atoms with E-state index in [9.17, 15) is 0 Å². The second kappa shape index (κ2) is 5.19. The molecule has 0 bridgehead atoms. The maximum absolute atomic E-state index is 5.70. The molecule has 0 aliphatic heterocycles. The van der Waals surface area contributed by atoms with Crippen molar-refractivity contribution in [1.29, 1.82) is 0 Å². The summed E-state index contributed by atoms with van der Waals surface area (Å²) in [6.45, 7) is 2.62. The Labute approximate surface area is 105 Å². The van der Waals surface area contributed by atoms with Crippen molar-refractivity contribution in [3.8, 4) is 5.75 Å². The predicted octanol–water partition coefficient (Wildman–Crippen LogP) is 2.38. The summed E-state index contributed by atoms with van der Waals surface area (Å²) in [6, 6.07) is 3.83. The Morgan fingerprint density at radius 2 is 2.18 bits per heavy atom. The maximum atomic E-state index is 5.70. The highest BCUT2D eigenvalue weighted by Crippen LogP contribution is 2.14. The molecular formula is C12H14ClN3O. The minimum Gasteiger partial charge on any atom is -0.497 e. The molecule has 0 N–H and O–H groups in total. The predicted molar refractivity (Wildman–Crippen MR) is 66.4 cm³/mol. The van der Waals surface area contributed by atoms with Gasteiger partial charge in [-0.25, -0.2) is 4.98 Å². The normalized spacial score (nSPS) is 10.5. The third-order valence-corrected chi connectivity index (χ3v) is 2.66. The molecule has 5 heteroatoms. The molecule has 0 radical (unpaired) electrons. The number of pyridine rings is 1. The van der Waals surface area contributed by atoms with Crippen LogP contribution in [-0.4, -0.2) is 21.6 Å². The lowest BCUT2D eigenvalue weighted by Crippen LogP contribution is -2.01. The molecule has 2 heterocycles. The summed E-state index contributed by atoms with van der Waals surface area (Å²) >= 11 is 5.70. The fourth-order valence-electron chi connectivity index (χ4n) is 1.65. The van der Waals surface area contributed by atoms with Crippen LogP contribution in [0.25, 0.3) is 0 Å². The van der Waals surface area contributed by atoms with E-state index < -0.39 is 0 Å². The number of methoxy groups -OCH3 is 1. The molecule has 4 nitrogen and oxygen atoms in total. The average Bonchev–Trinajstić information content (AvgIpc) is 2.76. The lowest BCUT2D eigenvalue weighted by molar-refractivity contribution is 0.413. The molecule has 0 aliphatic carbocycles. The first-order chi connectivity index (χ1) is 8.21. The maximum Gasteiger partial charge on any atom is 0.122 e. The smallest absolute Gasteiger partial charge is 0.122 e. The first-order valence-corrected chi connectivity index (χ1v) is 5.83. The first kappa shape index (κ1) is 11.9. The van der Waals surface area contributed by atoms with Crippen molar-refractivity contribution in [3.63, 3.8) is 0 Å². The van der Waals surface area contributed by atoms with Gasteiger partial charge in [0.2, 0.25) is 0 Å². The van der Waals surface area contributed by atoms with E-state index in [-0.39, 0.29) is 0 Å². The molecule has 0 aromatic carbocycles. The quantitative estimate of drug-likeness (QED) is 0.784. The van der Waals surface area contributed by atoms with Gasteiger partial charge in [0.25, 0.3) is 0 Å². The zero-order valence-electron chi connectivity index (χ0n) is 9.85. The van der Waals surface area contributed by atoms with Crippen molar-refractivity contribution in [2.75, 3.05) is 7.11 Å². The van der Waals surface area contributed by atoms with Gasteiger partial charge in [0.05, 0.1) is 37.2 Å². The minimum atomic E-state index is 0.428. The molecule has 0 unspecified atom stereocenters. The van der Waals surface area contributed by atoms with Crippen LogP contribution < -0.4 is 4.74 Å². The Morgan fingerprint density at radius 3 is 2.82 bits per heavy atom. The molecular weight excluding hydrogens is 238 g/mol. The van der Waals surface area contributed by atoms with Crippen LogP contribution in [0.4, 0.5) is 0 Å². The summed E-state index contributed by atoms with van der Waals surface area (Å²) < 4.78 is 7.17. The molecule has 0 aliphatic rings. The Bertz CT molecular complexity index is 510. The van der Waals surface area contributed by atoms with Crippen LogP contribution in [0.1, 0.15) is 17.1 Å². The highest BCUT2D eigenvalue weighted by molar-refractivity contribution is 6.16. The molecule has 2 aromatic rings. The lowest BCUT2D eigenvalue weighted by Gasteiger charge is -2.06. The van der Waals surface area contributed by atoms with Crippen molar-refractivity contribution in [3.05, 3.63) is 41.7 Å². The number of hydrogen-bond donors (Lipinski definition) is 0. The highest BCUT2D eigenvalue weighted by Gasteiger charge is 2.03. The summed E-state index contributed by atoms with van der Waals surface area (Å²) in [4.78, 5) is 8.62. The molecule has 0 saturated carbocycles. The number of imidazole rings is 1. The lowest BCUT2D eigenvalue weighted by atomic mass is 10.3. The average molecular weight is 252 g/mol. The number of hydrogen-bond acceptors (Lipinski definition) is 3. The van der Waals surface area contributed by atoms with E-state index in [1.54, 1.807) is 13.4 Å². The topological polar surface area (TPSA) is 39.9 Å². The minimum absolute atomic E-state index is 0.428. The Balaban J connectivity index is 2.20. The van der Waals surface area contributed by atoms with Gasteiger partial charge in [-0.3, -0.25) is 4.98 Å². The molecule has 2 rings (SSSR count). The van der Waals surface area contributed by atoms with Gasteiger partial charge in [0.1, 0.15) is 5.75 Å². The van der Waals surface area contributed by atoms with Gasteiger partial charge in [-0.05, 0) is 6.92 Å². The van der Waals surface area contributed by atoms with Crippen molar-refractivity contribution in [2.45, 2.75) is 19.3 Å². The number of alkyl halides is 1. The van der Waals surface area contributed by atoms with E-state index >= 15 is 0 Å². The molecule has 0 fully saturated rings. The van der Waals surface area contributed by atoms with Gasteiger partial charge < -0.3 is 9.30 Å². The standard InChI is InChI=1S/C12H14ClN3O/c1-9-3-12(17-2)4-10(15-9)6-16-7-11(5-13)14-8-16/h3-4,7-8H,5-6H2,1-2H3. The molecule has 0 amide bonds. The summed E-state index contributed by atoms with van der Waals surface area (Å²) in [7, 11) is 1.65. The fourth-order valence-corrected chi connectivity index (χ4v) is 1.79.